The Morgan fingerprint density at radius 3 is 2.25 bits per heavy atom. The van der Waals surface area contributed by atoms with Crippen molar-refractivity contribution in [2.45, 2.75) is 26.2 Å². The van der Waals surface area contributed by atoms with Crippen molar-refractivity contribution < 1.29 is 0 Å². The van der Waals surface area contributed by atoms with Gasteiger partial charge in [-0.3, -0.25) is 0 Å². The van der Waals surface area contributed by atoms with E-state index >= 15 is 0 Å². The van der Waals surface area contributed by atoms with Crippen LogP contribution in [0.4, 0.5) is 0 Å². The molecular formula is C8H12Cl2N2. The zero-order chi connectivity index (χ0) is 8.48. The summed E-state index contributed by atoms with van der Waals surface area (Å²) in [5, 5.41) is 0.317. The molecule has 0 fully saturated rings. The molecule has 2 nitrogen and oxygen atoms in total. The largest absolute Gasteiger partial charge is 0.227 e. The summed E-state index contributed by atoms with van der Waals surface area (Å²) >= 11 is 5.63. The summed E-state index contributed by atoms with van der Waals surface area (Å²) in [5.74, 6) is 0. The van der Waals surface area contributed by atoms with Gasteiger partial charge in [0.2, 0.25) is 5.28 Å². The van der Waals surface area contributed by atoms with E-state index in [0.717, 1.165) is 5.69 Å². The van der Waals surface area contributed by atoms with Crippen molar-refractivity contribution in [2.75, 3.05) is 0 Å². The fourth-order valence-electron chi connectivity index (χ4n) is 0.753. The van der Waals surface area contributed by atoms with Gasteiger partial charge in [0, 0.05) is 11.6 Å². The maximum atomic E-state index is 5.63. The normalized spacial score (nSPS) is 10.7. The third-order valence-electron chi connectivity index (χ3n) is 1.39. The van der Waals surface area contributed by atoms with Crippen LogP contribution in [0.15, 0.2) is 12.3 Å². The minimum atomic E-state index is 0. The van der Waals surface area contributed by atoms with Crippen molar-refractivity contribution in [3.8, 4) is 0 Å². The molecule has 0 aliphatic rings. The third-order valence-corrected chi connectivity index (χ3v) is 1.58. The van der Waals surface area contributed by atoms with E-state index in [9.17, 15) is 0 Å². The first-order valence-corrected chi connectivity index (χ1v) is 3.87. The van der Waals surface area contributed by atoms with Gasteiger partial charge in [0.1, 0.15) is 0 Å². The molecule has 0 saturated heterocycles. The quantitative estimate of drug-likeness (QED) is 0.611. The van der Waals surface area contributed by atoms with Gasteiger partial charge in [-0.25, -0.2) is 9.97 Å². The van der Waals surface area contributed by atoms with Crippen LogP contribution in [0, 0.1) is 0 Å². The molecule has 0 saturated carbocycles. The lowest BCUT2D eigenvalue weighted by atomic mass is 9.92. The van der Waals surface area contributed by atoms with Gasteiger partial charge in [-0.05, 0) is 17.7 Å². The third kappa shape index (κ3) is 2.95. The van der Waals surface area contributed by atoms with Crippen LogP contribution in [-0.4, -0.2) is 9.97 Å². The minimum absolute atomic E-state index is 0. The van der Waals surface area contributed by atoms with E-state index in [0.29, 0.717) is 5.28 Å². The molecule has 0 spiro atoms. The van der Waals surface area contributed by atoms with Crippen molar-refractivity contribution >= 4 is 24.0 Å². The Morgan fingerprint density at radius 2 is 1.92 bits per heavy atom. The molecule has 0 amide bonds. The molecular weight excluding hydrogens is 195 g/mol. The molecule has 0 unspecified atom stereocenters. The SMILES string of the molecule is CC(C)(C)c1ccnc(Cl)n1.Cl. The second-order valence-electron chi connectivity index (χ2n) is 3.46. The molecule has 4 heteroatoms. The molecule has 0 atom stereocenters. The summed E-state index contributed by atoms with van der Waals surface area (Å²) in [6.07, 6.45) is 1.68. The molecule has 12 heavy (non-hydrogen) atoms. The van der Waals surface area contributed by atoms with Crippen molar-refractivity contribution in [1.82, 2.24) is 9.97 Å². The standard InChI is InChI=1S/C8H11ClN2.ClH/c1-8(2,3)6-4-5-10-7(9)11-6;/h4-5H,1-3H3;1H. The fourth-order valence-corrected chi connectivity index (χ4v) is 0.900. The molecule has 1 rings (SSSR count). The summed E-state index contributed by atoms with van der Waals surface area (Å²) < 4.78 is 0. The van der Waals surface area contributed by atoms with Crippen LogP contribution in [0.3, 0.4) is 0 Å². The second kappa shape index (κ2) is 4.06. The van der Waals surface area contributed by atoms with E-state index in [1.807, 2.05) is 6.07 Å². The number of halogens is 2. The smallest absolute Gasteiger partial charge is 0.222 e. The fraction of sp³-hybridized carbons (Fsp3) is 0.500. The molecule has 1 aromatic heterocycles. The Balaban J connectivity index is 0.00000121. The lowest BCUT2D eigenvalue weighted by Crippen LogP contribution is -2.13. The Hall–Kier alpha value is -0.340. The van der Waals surface area contributed by atoms with Gasteiger partial charge in [-0.1, -0.05) is 20.8 Å². The molecule has 1 heterocycles. The average molecular weight is 207 g/mol. The van der Waals surface area contributed by atoms with Gasteiger partial charge in [0.05, 0.1) is 5.69 Å². The van der Waals surface area contributed by atoms with Crippen LogP contribution in [0.1, 0.15) is 26.5 Å². The van der Waals surface area contributed by atoms with Crippen LogP contribution < -0.4 is 0 Å². The average Bonchev–Trinajstić information content (AvgIpc) is 1.86. The number of hydrogen-bond acceptors (Lipinski definition) is 2. The first kappa shape index (κ1) is 11.7. The molecule has 1 aromatic rings. The number of hydrogen-bond donors (Lipinski definition) is 0. The highest BCUT2D eigenvalue weighted by molar-refractivity contribution is 6.28. The van der Waals surface area contributed by atoms with Gasteiger partial charge in [0.25, 0.3) is 0 Å². The van der Waals surface area contributed by atoms with Crippen molar-refractivity contribution in [2.24, 2.45) is 0 Å². The second-order valence-corrected chi connectivity index (χ2v) is 3.80. The molecule has 0 aromatic carbocycles. The topological polar surface area (TPSA) is 25.8 Å². The highest BCUT2D eigenvalue weighted by Gasteiger charge is 2.15. The predicted molar refractivity (Wildman–Crippen MR) is 53.0 cm³/mol. The van der Waals surface area contributed by atoms with E-state index in [-0.39, 0.29) is 17.8 Å². The van der Waals surface area contributed by atoms with Crippen LogP contribution in [-0.2, 0) is 5.41 Å². The first-order valence-electron chi connectivity index (χ1n) is 3.49. The van der Waals surface area contributed by atoms with Gasteiger partial charge in [-0.2, -0.15) is 0 Å². The summed E-state index contributed by atoms with van der Waals surface area (Å²) in [7, 11) is 0. The maximum Gasteiger partial charge on any atom is 0.222 e. The summed E-state index contributed by atoms with van der Waals surface area (Å²) in [6.45, 7) is 6.27. The zero-order valence-corrected chi connectivity index (χ0v) is 8.91. The van der Waals surface area contributed by atoms with Crippen LogP contribution in [0.25, 0.3) is 0 Å². The molecule has 0 N–H and O–H groups in total. The van der Waals surface area contributed by atoms with Gasteiger partial charge in [0.15, 0.2) is 0 Å². The predicted octanol–water partition coefficient (Wildman–Crippen LogP) is 2.85. The Morgan fingerprint density at radius 1 is 1.33 bits per heavy atom. The summed E-state index contributed by atoms with van der Waals surface area (Å²) in [6, 6.07) is 1.88. The Labute approximate surface area is 83.8 Å². The monoisotopic (exact) mass is 206 g/mol. The lowest BCUT2D eigenvalue weighted by molar-refractivity contribution is 0.567. The van der Waals surface area contributed by atoms with E-state index < -0.39 is 0 Å². The summed E-state index contributed by atoms with van der Waals surface area (Å²) in [5.41, 5.74) is 1.02. The molecule has 68 valence electrons. The number of aromatic nitrogens is 2. The van der Waals surface area contributed by atoms with E-state index in [2.05, 4.69) is 30.7 Å². The first-order chi connectivity index (χ1) is 5.00. The minimum Gasteiger partial charge on any atom is -0.227 e. The van der Waals surface area contributed by atoms with Gasteiger partial charge >= 0.3 is 0 Å². The maximum absolute atomic E-state index is 5.63. The number of rotatable bonds is 0. The van der Waals surface area contributed by atoms with Crippen molar-refractivity contribution in [3.63, 3.8) is 0 Å². The van der Waals surface area contributed by atoms with Crippen LogP contribution in [0.2, 0.25) is 5.28 Å². The van der Waals surface area contributed by atoms with Crippen molar-refractivity contribution in [1.29, 1.82) is 0 Å². The number of nitrogens with zero attached hydrogens (tertiary/aromatic N) is 2. The molecule has 0 bridgehead atoms. The molecule has 0 aliphatic carbocycles. The van der Waals surface area contributed by atoms with E-state index in [1.165, 1.54) is 0 Å². The lowest BCUT2D eigenvalue weighted by Gasteiger charge is -2.16. The van der Waals surface area contributed by atoms with Gasteiger partial charge in [-0.15, -0.1) is 12.4 Å². The highest BCUT2D eigenvalue weighted by atomic mass is 35.5. The molecule has 0 radical (unpaired) electrons. The van der Waals surface area contributed by atoms with E-state index in [4.69, 9.17) is 11.6 Å². The van der Waals surface area contributed by atoms with Crippen LogP contribution >= 0.6 is 24.0 Å². The molecule has 0 aliphatic heterocycles. The van der Waals surface area contributed by atoms with Gasteiger partial charge < -0.3 is 0 Å². The summed E-state index contributed by atoms with van der Waals surface area (Å²) in [4.78, 5) is 7.91. The highest BCUT2D eigenvalue weighted by Crippen LogP contribution is 2.19. The Kier molecular flexibility index (Phi) is 3.94. The Bertz CT molecular complexity index is 255. The zero-order valence-electron chi connectivity index (χ0n) is 7.34. The van der Waals surface area contributed by atoms with Crippen molar-refractivity contribution in [3.05, 3.63) is 23.2 Å². The van der Waals surface area contributed by atoms with E-state index in [1.54, 1.807) is 6.20 Å². The van der Waals surface area contributed by atoms with Crippen LogP contribution in [0.5, 0.6) is 0 Å².